The van der Waals surface area contributed by atoms with Crippen molar-refractivity contribution in [1.82, 2.24) is 13.7 Å². The van der Waals surface area contributed by atoms with Crippen LogP contribution in [-0.4, -0.2) is 36.6 Å². The third-order valence-electron chi connectivity index (χ3n) is 4.67. The van der Waals surface area contributed by atoms with Crippen LogP contribution in [0.3, 0.4) is 0 Å². The quantitative estimate of drug-likeness (QED) is 0.257. The van der Waals surface area contributed by atoms with E-state index in [1.807, 2.05) is 0 Å². The van der Waals surface area contributed by atoms with Crippen LogP contribution < -0.4 is 21.8 Å². The molecular formula is C19H14FN5O10. The third kappa shape index (κ3) is 4.65. The van der Waals surface area contributed by atoms with Crippen molar-refractivity contribution in [2.45, 2.75) is 6.54 Å². The molecule has 35 heavy (non-hydrogen) atoms. The normalized spacial score (nSPS) is 10.6. The average Bonchev–Trinajstić information content (AvgIpc) is 2.81. The highest BCUT2D eigenvalue weighted by Gasteiger charge is 2.24. The number of benzene rings is 2. The number of hydrogen-bond donors (Lipinski definition) is 0. The number of nitro groups is 2. The highest BCUT2D eigenvalue weighted by atomic mass is 19.1. The maximum Gasteiger partial charge on any atom is 0.341 e. The van der Waals surface area contributed by atoms with E-state index in [1.165, 1.54) is 0 Å². The predicted molar refractivity (Wildman–Crippen MR) is 113 cm³/mol. The molecule has 0 amide bonds. The van der Waals surface area contributed by atoms with Crippen LogP contribution in [0.4, 0.5) is 15.8 Å². The zero-order valence-electron chi connectivity index (χ0n) is 17.9. The molecule has 0 aliphatic heterocycles. The number of aromatic nitrogens is 3. The molecule has 2 aromatic carbocycles. The van der Waals surface area contributed by atoms with Crippen LogP contribution in [0.2, 0.25) is 0 Å². The summed E-state index contributed by atoms with van der Waals surface area (Å²) in [5, 5.41) is 22.3. The second kappa shape index (κ2) is 9.38. The van der Waals surface area contributed by atoms with Gasteiger partial charge in [0.1, 0.15) is 18.0 Å². The number of hydrogen-bond acceptors (Lipinski definition) is 10. The SMILES string of the molecule is COC(=O)Cn1c(=O)n(C)c(=O)n(-c2cc(Oc3ccc([N+](=O)[O-])cc3F)ccc2[N+](=O)[O-])c1=O. The molecule has 182 valence electrons. The summed E-state index contributed by atoms with van der Waals surface area (Å²) >= 11 is 0. The smallest absolute Gasteiger partial charge is 0.341 e. The Kier molecular flexibility index (Phi) is 6.56. The molecule has 0 unspecified atom stereocenters. The van der Waals surface area contributed by atoms with Gasteiger partial charge in [0.15, 0.2) is 11.6 Å². The maximum absolute atomic E-state index is 14.2. The Morgan fingerprint density at radius 2 is 1.69 bits per heavy atom. The Morgan fingerprint density at radius 3 is 2.26 bits per heavy atom. The number of nitrogens with zero attached hydrogens (tertiary/aromatic N) is 5. The van der Waals surface area contributed by atoms with Gasteiger partial charge in [-0.2, -0.15) is 0 Å². The summed E-state index contributed by atoms with van der Waals surface area (Å²) in [5.41, 5.74) is -5.80. The van der Waals surface area contributed by atoms with Crippen LogP contribution in [0, 0.1) is 26.0 Å². The summed E-state index contributed by atoms with van der Waals surface area (Å²) in [6.07, 6.45) is 0. The molecule has 0 atom stereocenters. The van der Waals surface area contributed by atoms with Crippen molar-refractivity contribution < 1.29 is 28.5 Å². The third-order valence-corrected chi connectivity index (χ3v) is 4.67. The zero-order valence-corrected chi connectivity index (χ0v) is 17.9. The molecule has 0 saturated carbocycles. The van der Waals surface area contributed by atoms with E-state index in [0.717, 1.165) is 44.5 Å². The van der Waals surface area contributed by atoms with Crippen LogP contribution in [0.1, 0.15) is 0 Å². The molecule has 16 heteroatoms. The van der Waals surface area contributed by atoms with Gasteiger partial charge in [0.05, 0.1) is 23.0 Å². The summed E-state index contributed by atoms with van der Waals surface area (Å²) in [6.45, 7) is -0.889. The van der Waals surface area contributed by atoms with Crippen molar-refractivity contribution in [2.75, 3.05) is 7.11 Å². The molecule has 0 radical (unpaired) electrons. The number of carbonyl (C=O) groups is 1. The Morgan fingerprint density at radius 1 is 1.00 bits per heavy atom. The van der Waals surface area contributed by atoms with Gasteiger partial charge in [-0.15, -0.1) is 0 Å². The molecule has 0 fully saturated rings. The van der Waals surface area contributed by atoms with E-state index in [2.05, 4.69) is 4.74 Å². The number of non-ortho nitro benzene ring substituents is 1. The van der Waals surface area contributed by atoms with Crippen molar-refractivity contribution in [3.05, 3.63) is 93.9 Å². The molecule has 0 N–H and O–H groups in total. The number of rotatable bonds is 7. The Balaban J connectivity index is 2.23. The first-order valence-electron chi connectivity index (χ1n) is 9.36. The fourth-order valence-electron chi connectivity index (χ4n) is 2.95. The van der Waals surface area contributed by atoms with Crippen molar-refractivity contribution in [3.8, 4) is 17.2 Å². The first kappa shape index (κ1) is 24.5. The number of carbonyl (C=O) groups excluding carboxylic acids is 1. The van der Waals surface area contributed by atoms with Crippen molar-refractivity contribution in [3.63, 3.8) is 0 Å². The Hall–Kier alpha value is -5.15. The number of nitro benzene ring substituents is 2. The molecule has 1 heterocycles. The van der Waals surface area contributed by atoms with E-state index < -0.39 is 68.1 Å². The second-order valence-corrected chi connectivity index (χ2v) is 6.79. The van der Waals surface area contributed by atoms with Gasteiger partial charge in [-0.05, 0) is 12.1 Å². The second-order valence-electron chi connectivity index (χ2n) is 6.79. The molecular weight excluding hydrogens is 477 g/mol. The van der Waals surface area contributed by atoms with Gasteiger partial charge in [0.2, 0.25) is 0 Å². The minimum Gasteiger partial charge on any atom is -0.468 e. The highest BCUT2D eigenvalue weighted by Crippen LogP contribution is 2.31. The number of ether oxygens (including phenoxy) is 2. The van der Waals surface area contributed by atoms with Gasteiger partial charge >= 0.3 is 23.0 Å². The molecule has 0 spiro atoms. The van der Waals surface area contributed by atoms with Gasteiger partial charge in [0.25, 0.3) is 11.4 Å². The summed E-state index contributed by atoms with van der Waals surface area (Å²) in [7, 11) is 1.98. The van der Waals surface area contributed by atoms with E-state index in [9.17, 15) is 43.8 Å². The Bertz CT molecular complexity index is 1560. The van der Waals surface area contributed by atoms with Crippen LogP contribution in [0.25, 0.3) is 5.69 Å². The number of halogens is 1. The molecule has 15 nitrogen and oxygen atoms in total. The van der Waals surface area contributed by atoms with E-state index in [-0.39, 0.29) is 10.3 Å². The molecule has 1 aromatic heterocycles. The molecule has 0 aliphatic carbocycles. The summed E-state index contributed by atoms with van der Waals surface area (Å²) in [4.78, 5) is 70.2. The maximum atomic E-state index is 14.2. The molecule has 0 bridgehead atoms. The van der Waals surface area contributed by atoms with Crippen LogP contribution >= 0.6 is 0 Å². The molecule has 0 aliphatic rings. The molecule has 3 aromatic rings. The monoisotopic (exact) mass is 491 g/mol. The van der Waals surface area contributed by atoms with Crippen molar-refractivity contribution >= 4 is 17.3 Å². The summed E-state index contributed by atoms with van der Waals surface area (Å²) in [6, 6.07) is 5.22. The topological polar surface area (TPSA) is 188 Å². The fraction of sp³-hybridized carbons (Fsp3) is 0.158. The van der Waals surface area contributed by atoms with Crippen molar-refractivity contribution in [2.24, 2.45) is 7.05 Å². The fourth-order valence-corrected chi connectivity index (χ4v) is 2.95. The van der Waals surface area contributed by atoms with Crippen LogP contribution in [-0.2, 0) is 23.1 Å². The van der Waals surface area contributed by atoms with Crippen LogP contribution in [0.5, 0.6) is 11.5 Å². The summed E-state index contributed by atoms with van der Waals surface area (Å²) < 4.78 is 25.0. The lowest BCUT2D eigenvalue weighted by atomic mass is 10.2. The highest BCUT2D eigenvalue weighted by molar-refractivity contribution is 5.68. The predicted octanol–water partition coefficient (Wildman–Crippen LogP) is 0.619. The summed E-state index contributed by atoms with van der Waals surface area (Å²) in [5.74, 6) is -2.92. The molecule has 3 rings (SSSR count). The number of methoxy groups -OCH3 is 1. The zero-order chi connectivity index (χ0) is 26.0. The van der Waals surface area contributed by atoms with Crippen molar-refractivity contribution in [1.29, 1.82) is 0 Å². The van der Waals surface area contributed by atoms with E-state index in [1.54, 1.807) is 0 Å². The van der Waals surface area contributed by atoms with Gasteiger partial charge < -0.3 is 9.47 Å². The molecule has 0 saturated heterocycles. The lowest BCUT2D eigenvalue weighted by Crippen LogP contribution is -2.53. The van der Waals surface area contributed by atoms with Gasteiger partial charge in [-0.25, -0.2) is 32.5 Å². The first-order valence-corrected chi connectivity index (χ1v) is 9.36. The van der Waals surface area contributed by atoms with E-state index >= 15 is 0 Å². The first-order chi connectivity index (χ1) is 16.5. The lowest BCUT2D eigenvalue weighted by Gasteiger charge is -2.13. The van der Waals surface area contributed by atoms with E-state index in [0.29, 0.717) is 15.2 Å². The number of esters is 1. The largest absolute Gasteiger partial charge is 0.468 e. The standard InChI is InChI=1S/C19H14FN5O10/c1-21-17(27)22(9-16(26)34-2)19(29)23(18(21)28)14-8-11(4-5-13(14)25(32)33)35-15-6-3-10(24(30)31)7-12(15)20/h3-8H,9H2,1-2H3. The van der Waals surface area contributed by atoms with E-state index in [4.69, 9.17) is 4.74 Å². The van der Waals surface area contributed by atoms with Gasteiger partial charge in [0, 0.05) is 25.2 Å². The minimum atomic E-state index is -1.38. The average molecular weight is 491 g/mol. The van der Waals surface area contributed by atoms with Gasteiger partial charge in [-0.3, -0.25) is 25.0 Å². The minimum absolute atomic E-state index is 0.265. The van der Waals surface area contributed by atoms with Crippen LogP contribution in [0.15, 0.2) is 50.8 Å². The lowest BCUT2D eigenvalue weighted by molar-refractivity contribution is -0.385. The Labute approximate surface area is 192 Å². The van der Waals surface area contributed by atoms with Gasteiger partial charge in [-0.1, -0.05) is 0 Å².